The lowest BCUT2D eigenvalue weighted by molar-refractivity contribution is 0.305. The molecule has 0 amide bonds. The number of nitrogens with zero attached hydrogens (tertiary/aromatic N) is 1. The minimum atomic E-state index is -0.257. The van der Waals surface area contributed by atoms with Crippen LogP contribution < -0.4 is 4.74 Å². The number of rotatable bonds is 4. The molecule has 3 aromatic rings. The second-order valence-corrected chi connectivity index (χ2v) is 4.33. The molecule has 0 saturated heterocycles. The lowest BCUT2D eigenvalue weighted by atomic mass is 10.1. The van der Waals surface area contributed by atoms with Gasteiger partial charge in [0, 0.05) is 11.6 Å². The Hall–Kier alpha value is -2.62. The summed E-state index contributed by atoms with van der Waals surface area (Å²) in [6.07, 6.45) is 1.53. The van der Waals surface area contributed by atoms with Crippen molar-refractivity contribution in [1.82, 2.24) is 5.16 Å². The Balaban J connectivity index is 1.67. The van der Waals surface area contributed by atoms with Crippen LogP contribution in [0.2, 0.25) is 0 Å². The summed E-state index contributed by atoms with van der Waals surface area (Å²) in [5.74, 6) is 0.467. The van der Waals surface area contributed by atoms with Gasteiger partial charge in [0.15, 0.2) is 0 Å². The van der Waals surface area contributed by atoms with Crippen LogP contribution in [0.25, 0.3) is 11.3 Å². The van der Waals surface area contributed by atoms with Crippen LogP contribution in [0.5, 0.6) is 5.75 Å². The zero-order valence-corrected chi connectivity index (χ0v) is 10.6. The molecule has 0 unspecified atom stereocenters. The van der Waals surface area contributed by atoms with Gasteiger partial charge in [-0.05, 0) is 42.0 Å². The van der Waals surface area contributed by atoms with Crippen molar-refractivity contribution < 1.29 is 13.7 Å². The Bertz CT molecular complexity index is 678. The molecule has 0 aliphatic rings. The van der Waals surface area contributed by atoms with Crippen molar-refractivity contribution in [3.05, 3.63) is 72.2 Å². The van der Waals surface area contributed by atoms with Crippen molar-refractivity contribution in [3.8, 4) is 17.0 Å². The van der Waals surface area contributed by atoms with Gasteiger partial charge >= 0.3 is 0 Å². The molecule has 2 aromatic carbocycles. The minimum Gasteiger partial charge on any atom is -0.489 e. The lowest BCUT2D eigenvalue weighted by Crippen LogP contribution is -1.95. The van der Waals surface area contributed by atoms with Gasteiger partial charge in [-0.15, -0.1) is 0 Å². The van der Waals surface area contributed by atoms with Gasteiger partial charge in [0.1, 0.15) is 30.1 Å². The number of ether oxygens (including phenoxy) is 1. The fourth-order valence-electron chi connectivity index (χ4n) is 1.88. The van der Waals surface area contributed by atoms with Gasteiger partial charge in [0.25, 0.3) is 0 Å². The maximum absolute atomic E-state index is 13.0. The van der Waals surface area contributed by atoms with Gasteiger partial charge in [-0.25, -0.2) is 4.39 Å². The molecule has 0 radical (unpaired) electrons. The average molecular weight is 269 g/mol. The zero-order valence-electron chi connectivity index (χ0n) is 10.6. The van der Waals surface area contributed by atoms with Gasteiger partial charge in [-0.2, -0.15) is 0 Å². The van der Waals surface area contributed by atoms with Crippen LogP contribution in [-0.4, -0.2) is 5.16 Å². The summed E-state index contributed by atoms with van der Waals surface area (Å²) in [6.45, 7) is 0.334. The molecule has 1 aromatic heterocycles. The molecule has 100 valence electrons. The highest BCUT2D eigenvalue weighted by Gasteiger charge is 2.02. The third-order valence-electron chi connectivity index (χ3n) is 2.88. The second-order valence-electron chi connectivity index (χ2n) is 4.33. The van der Waals surface area contributed by atoms with Crippen LogP contribution in [0.3, 0.4) is 0 Å². The summed E-state index contributed by atoms with van der Waals surface area (Å²) in [5.41, 5.74) is 2.53. The van der Waals surface area contributed by atoms with E-state index in [1.54, 1.807) is 12.1 Å². The number of hydrogen-bond acceptors (Lipinski definition) is 3. The largest absolute Gasteiger partial charge is 0.489 e. The van der Waals surface area contributed by atoms with Crippen molar-refractivity contribution in [2.75, 3.05) is 0 Å². The predicted molar refractivity (Wildman–Crippen MR) is 72.7 cm³/mol. The van der Waals surface area contributed by atoms with Crippen LogP contribution in [0, 0.1) is 5.82 Å². The molecule has 0 atom stereocenters. The van der Waals surface area contributed by atoms with E-state index in [0.717, 1.165) is 22.6 Å². The Labute approximate surface area is 115 Å². The second kappa shape index (κ2) is 5.57. The predicted octanol–water partition coefficient (Wildman–Crippen LogP) is 4.06. The molecule has 20 heavy (non-hydrogen) atoms. The molecule has 4 heteroatoms. The van der Waals surface area contributed by atoms with Gasteiger partial charge in [-0.3, -0.25) is 0 Å². The SMILES string of the molecule is Fc1cccc(COc2ccc(-c3ccon3)cc2)c1. The topological polar surface area (TPSA) is 35.3 Å². The molecule has 0 spiro atoms. The van der Waals surface area contributed by atoms with Crippen LogP contribution >= 0.6 is 0 Å². The summed E-state index contributed by atoms with van der Waals surface area (Å²) in [5, 5.41) is 3.86. The van der Waals surface area contributed by atoms with Crippen molar-refractivity contribution in [2.45, 2.75) is 6.61 Å². The third kappa shape index (κ3) is 2.85. The normalized spacial score (nSPS) is 10.4. The van der Waals surface area contributed by atoms with E-state index in [1.807, 2.05) is 30.3 Å². The average Bonchev–Trinajstić information content (AvgIpc) is 3.00. The number of aromatic nitrogens is 1. The van der Waals surface area contributed by atoms with Crippen LogP contribution in [0.1, 0.15) is 5.56 Å². The first kappa shape index (κ1) is 12.4. The van der Waals surface area contributed by atoms with E-state index in [2.05, 4.69) is 5.16 Å². The molecule has 0 saturated carbocycles. The lowest BCUT2D eigenvalue weighted by Gasteiger charge is -2.06. The monoisotopic (exact) mass is 269 g/mol. The molecule has 1 heterocycles. The molecule has 0 bridgehead atoms. The fraction of sp³-hybridized carbons (Fsp3) is 0.0625. The van der Waals surface area contributed by atoms with E-state index in [-0.39, 0.29) is 5.82 Å². The molecule has 3 rings (SSSR count). The first-order valence-electron chi connectivity index (χ1n) is 6.19. The van der Waals surface area contributed by atoms with E-state index in [0.29, 0.717) is 6.61 Å². The van der Waals surface area contributed by atoms with E-state index < -0.39 is 0 Å². The fourth-order valence-corrected chi connectivity index (χ4v) is 1.88. The summed E-state index contributed by atoms with van der Waals surface area (Å²) in [7, 11) is 0. The quantitative estimate of drug-likeness (QED) is 0.716. The molecule has 0 N–H and O–H groups in total. The van der Waals surface area contributed by atoms with Crippen molar-refractivity contribution in [2.24, 2.45) is 0 Å². The Morgan fingerprint density at radius 2 is 1.90 bits per heavy atom. The minimum absolute atomic E-state index is 0.257. The van der Waals surface area contributed by atoms with Crippen molar-refractivity contribution in [1.29, 1.82) is 0 Å². The Morgan fingerprint density at radius 3 is 2.60 bits per heavy atom. The molecule has 0 fully saturated rings. The first-order valence-corrected chi connectivity index (χ1v) is 6.19. The summed E-state index contributed by atoms with van der Waals surface area (Å²) in [6, 6.07) is 15.7. The van der Waals surface area contributed by atoms with E-state index in [1.165, 1.54) is 18.4 Å². The number of halogens is 1. The smallest absolute Gasteiger partial charge is 0.124 e. The first-order chi connectivity index (χ1) is 9.81. The summed E-state index contributed by atoms with van der Waals surface area (Å²) >= 11 is 0. The Morgan fingerprint density at radius 1 is 1.05 bits per heavy atom. The maximum atomic E-state index is 13.0. The van der Waals surface area contributed by atoms with Gasteiger partial charge in [0.05, 0.1) is 0 Å². The van der Waals surface area contributed by atoms with Crippen molar-refractivity contribution >= 4 is 0 Å². The van der Waals surface area contributed by atoms with Gasteiger partial charge in [-0.1, -0.05) is 17.3 Å². The summed E-state index contributed by atoms with van der Waals surface area (Å²) in [4.78, 5) is 0. The van der Waals surface area contributed by atoms with Crippen LogP contribution in [-0.2, 0) is 6.61 Å². The standard InChI is InChI=1S/C16H12FNO2/c17-14-3-1-2-12(10-14)11-19-15-6-4-13(5-7-15)16-8-9-20-18-16/h1-10H,11H2. The van der Waals surface area contributed by atoms with Gasteiger partial charge in [0.2, 0.25) is 0 Å². The van der Waals surface area contributed by atoms with E-state index >= 15 is 0 Å². The molecule has 0 aliphatic carbocycles. The van der Waals surface area contributed by atoms with Crippen LogP contribution in [0.4, 0.5) is 4.39 Å². The molecular weight excluding hydrogens is 257 g/mol. The highest BCUT2D eigenvalue weighted by atomic mass is 19.1. The molecule has 0 aliphatic heterocycles. The molecule has 3 nitrogen and oxygen atoms in total. The number of hydrogen-bond donors (Lipinski definition) is 0. The maximum Gasteiger partial charge on any atom is 0.124 e. The van der Waals surface area contributed by atoms with Gasteiger partial charge < -0.3 is 9.26 Å². The highest BCUT2D eigenvalue weighted by molar-refractivity contribution is 5.59. The highest BCUT2D eigenvalue weighted by Crippen LogP contribution is 2.21. The Kier molecular flexibility index (Phi) is 3.46. The zero-order chi connectivity index (χ0) is 13.8. The van der Waals surface area contributed by atoms with Crippen molar-refractivity contribution in [3.63, 3.8) is 0 Å². The van der Waals surface area contributed by atoms with E-state index in [4.69, 9.17) is 9.26 Å². The van der Waals surface area contributed by atoms with Crippen LogP contribution in [0.15, 0.2) is 65.4 Å². The number of benzene rings is 2. The molecular formula is C16H12FNO2. The van der Waals surface area contributed by atoms with E-state index in [9.17, 15) is 4.39 Å². The third-order valence-corrected chi connectivity index (χ3v) is 2.88. The summed E-state index contributed by atoms with van der Waals surface area (Å²) < 4.78 is 23.4.